The average molecular weight is 331 g/mol. The Bertz CT molecular complexity index is 491. The van der Waals surface area contributed by atoms with E-state index in [2.05, 4.69) is 4.72 Å². The van der Waals surface area contributed by atoms with Crippen molar-refractivity contribution < 1.29 is 8.42 Å². The first kappa shape index (κ1) is 16.1. The van der Waals surface area contributed by atoms with Crippen LogP contribution in [0.25, 0.3) is 0 Å². The Morgan fingerprint density at radius 1 is 1.11 bits per heavy atom. The van der Waals surface area contributed by atoms with Crippen LogP contribution in [0.2, 0.25) is 10.0 Å². The van der Waals surface area contributed by atoms with E-state index in [1.165, 1.54) is 12.1 Å². The van der Waals surface area contributed by atoms with Gasteiger partial charge in [0.25, 0.3) is 0 Å². The van der Waals surface area contributed by atoms with Crippen LogP contribution in [0.3, 0.4) is 0 Å². The maximum atomic E-state index is 12.0. The van der Waals surface area contributed by atoms with Crippen molar-refractivity contribution in [3.8, 4) is 0 Å². The topological polar surface area (TPSA) is 46.2 Å². The Hall–Kier alpha value is -0.000000000000000167. The van der Waals surface area contributed by atoms with Crippen LogP contribution in [0, 0.1) is 0 Å². The standard InChI is InChI=1S/C11H14Cl3NO2S/c12-6-2-1-3-7-15-18(16,17)11-8-9(13)4-5-10(11)14/h4-5,8,15H,1-3,6-7H2. The molecule has 0 bridgehead atoms. The Morgan fingerprint density at radius 3 is 2.50 bits per heavy atom. The predicted molar refractivity (Wildman–Crippen MR) is 76.2 cm³/mol. The lowest BCUT2D eigenvalue weighted by Crippen LogP contribution is -2.25. The third-order valence-corrected chi connectivity index (χ3v) is 4.73. The second kappa shape index (κ2) is 7.56. The minimum absolute atomic E-state index is 0.00834. The molecule has 0 amide bonds. The van der Waals surface area contributed by atoms with Gasteiger partial charge in [0.1, 0.15) is 4.90 Å². The number of hydrogen-bond acceptors (Lipinski definition) is 2. The third kappa shape index (κ3) is 4.94. The highest BCUT2D eigenvalue weighted by molar-refractivity contribution is 7.89. The predicted octanol–water partition coefficient (Wildman–Crippen LogP) is 3.68. The molecule has 3 nitrogen and oxygen atoms in total. The summed E-state index contributed by atoms with van der Waals surface area (Å²) in [4.78, 5) is 0.00834. The van der Waals surface area contributed by atoms with Gasteiger partial charge in [-0.2, -0.15) is 0 Å². The number of nitrogens with one attached hydrogen (secondary N) is 1. The summed E-state index contributed by atoms with van der Waals surface area (Å²) in [6.45, 7) is 0.363. The second-order valence-electron chi connectivity index (χ2n) is 3.72. The van der Waals surface area contributed by atoms with Gasteiger partial charge in [-0.3, -0.25) is 0 Å². The molecule has 7 heteroatoms. The molecule has 0 aliphatic heterocycles. The Morgan fingerprint density at radius 2 is 1.83 bits per heavy atom. The molecule has 0 atom stereocenters. The van der Waals surface area contributed by atoms with E-state index < -0.39 is 10.0 Å². The van der Waals surface area contributed by atoms with Crippen molar-refractivity contribution in [3.05, 3.63) is 28.2 Å². The summed E-state index contributed by atoms with van der Waals surface area (Å²) in [6.07, 6.45) is 2.50. The summed E-state index contributed by atoms with van der Waals surface area (Å²) >= 11 is 17.1. The molecule has 0 unspecified atom stereocenters. The fourth-order valence-electron chi connectivity index (χ4n) is 1.36. The summed E-state index contributed by atoms with van der Waals surface area (Å²) in [5.74, 6) is 0.590. The summed E-state index contributed by atoms with van der Waals surface area (Å²) < 4.78 is 26.4. The Labute approximate surface area is 122 Å². The first-order valence-electron chi connectivity index (χ1n) is 5.48. The molecule has 0 aromatic heterocycles. The van der Waals surface area contributed by atoms with Gasteiger partial charge in [0.2, 0.25) is 10.0 Å². The molecule has 18 heavy (non-hydrogen) atoms. The quantitative estimate of drug-likeness (QED) is 0.612. The Balaban J connectivity index is 2.66. The summed E-state index contributed by atoms with van der Waals surface area (Å²) in [6, 6.07) is 4.35. The molecule has 0 saturated carbocycles. The summed E-state index contributed by atoms with van der Waals surface area (Å²) in [7, 11) is -3.60. The largest absolute Gasteiger partial charge is 0.242 e. The smallest absolute Gasteiger partial charge is 0.211 e. The molecule has 102 valence electrons. The maximum absolute atomic E-state index is 12.0. The molecule has 1 aromatic carbocycles. The summed E-state index contributed by atoms with van der Waals surface area (Å²) in [5, 5.41) is 0.495. The molecular weight excluding hydrogens is 317 g/mol. The molecular formula is C11H14Cl3NO2S. The molecule has 0 radical (unpaired) electrons. The van der Waals surface area contributed by atoms with Crippen LogP contribution in [0.1, 0.15) is 19.3 Å². The number of benzene rings is 1. The molecule has 0 aliphatic carbocycles. The van der Waals surface area contributed by atoms with E-state index in [1.54, 1.807) is 6.07 Å². The summed E-state index contributed by atoms with van der Waals surface area (Å²) in [5.41, 5.74) is 0. The van der Waals surface area contributed by atoms with E-state index in [0.29, 0.717) is 17.4 Å². The van der Waals surface area contributed by atoms with E-state index in [9.17, 15) is 8.42 Å². The van der Waals surface area contributed by atoms with Crippen molar-refractivity contribution in [3.63, 3.8) is 0 Å². The lowest BCUT2D eigenvalue weighted by Gasteiger charge is -2.08. The average Bonchev–Trinajstić information content (AvgIpc) is 2.32. The molecule has 0 saturated heterocycles. The highest BCUT2D eigenvalue weighted by Gasteiger charge is 2.17. The molecule has 0 fully saturated rings. The number of halogens is 3. The molecule has 1 aromatic rings. The minimum atomic E-state index is -3.60. The normalized spacial score (nSPS) is 11.7. The van der Waals surface area contributed by atoms with Crippen LogP contribution in [-0.2, 0) is 10.0 Å². The van der Waals surface area contributed by atoms with Gasteiger partial charge in [0.05, 0.1) is 5.02 Å². The fourth-order valence-corrected chi connectivity index (χ4v) is 3.39. The van der Waals surface area contributed by atoms with Crippen LogP contribution in [0.4, 0.5) is 0 Å². The molecule has 1 rings (SSSR count). The zero-order chi connectivity index (χ0) is 13.6. The minimum Gasteiger partial charge on any atom is -0.211 e. The molecule has 1 N–H and O–H groups in total. The zero-order valence-electron chi connectivity index (χ0n) is 9.63. The van der Waals surface area contributed by atoms with E-state index in [1.807, 2.05) is 0 Å². The lowest BCUT2D eigenvalue weighted by atomic mass is 10.2. The number of hydrogen-bond donors (Lipinski definition) is 1. The van der Waals surface area contributed by atoms with Crippen LogP contribution < -0.4 is 4.72 Å². The van der Waals surface area contributed by atoms with Gasteiger partial charge in [-0.15, -0.1) is 11.6 Å². The lowest BCUT2D eigenvalue weighted by molar-refractivity contribution is 0.576. The Kier molecular flexibility index (Phi) is 6.74. The first-order chi connectivity index (χ1) is 8.47. The van der Waals surface area contributed by atoms with Gasteiger partial charge in [0.15, 0.2) is 0 Å². The molecule has 0 spiro atoms. The van der Waals surface area contributed by atoms with E-state index in [4.69, 9.17) is 34.8 Å². The third-order valence-electron chi connectivity index (χ3n) is 2.29. The van der Waals surface area contributed by atoms with Crippen molar-refractivity contribution >= 4 is 44.8 Å². The van der Waals surface area contributed by atoms with Gasteiger partial charge in [-0.05, 0) is 31.0 Å². The van der Waals surface area contributed by atoms with Crippen molar-refractivity contribution in [2.75, 3.05) is 12.4 Å². The van der Waals surface area contributed by atoms with E-state index in [0.717, 1.165) is 19.3 Å². The van der Waals surface area contributed by atoms with Crippen molar-refractivity contribution in [1.29, 1.82) is 0 Å². The number of rotatable bonds is 7. The van der Waals surface area contributed by atoms with Crippen molar-refractivity contribution in [2.45, 2.75) is 24.2 Å². The van der Waals surface area contributed by atoms with Crippen LogP contribution in [-0.4, -0.2) is 20.8 Å². The van der Waals surface area contributed by atoms with Crippen molar-refractivity contribution in [2.24, 2.45) is 0 Å². The first-order valence-corrected chi connectivity index (χ1v) is 8.25. The highest BCUT2D eigenvalue weighted by atomic mass is 35.5. The number of sulfonamides is 1. The zero-order valence-corrected chi connectivity index (χ0v) is 12.7. The number of unbranched alkanes of at least 4 members (excludes halogenated alkanes) is 2. The molecule has 0 aliphatic rings. The van der Waals surface area contributed by atoms with E-state index >= 15 is 0 Å². The SMILES string of the molecule is O=S(=O)(NCCCCCCl)c1cc(Cl)ccc1Cl. The second-order valence-corrected chi connectivity index (χ2v) is 6.68. The van der Waals surface area contributed by atoms with Gasteiger partial charge in [0, 0.05) is 17.4 Å². The number of alkyl halides is 1. The van der Waals surface area contributed by atoms with Crippen LogP contribution >= 0.6 is 34.8 Å². The van der Waals surface area contributed by atoms with Gasteiger partial charge in [-0.1, -0.05) is 29.6 Å². The van der Waals surface area contributed by atoms with E-state index in [-0.39, 0.29) is 9.92 Å². The molecule has 0 heterocycles. The van der Waals surface area contributed by atoms with Gasteiger partial charge < -0.3 is 0 Å². The monoisotopic (exact) mass is 329 g/mol. The van der Waals surface area contributed by atoms with Crippen LogP contribution in [0.5, 0.6) is 0 Å². The van der Waals surface area contributed by atoms with Crippen LogP contribution in [0.15, 0.2) is 23.1 Å². The maximum Gasteiger partial charge on any atom is 0.242 e. The highest BCUT2D eigenvalue weighted by Crippen LogP contribution is 2.24. The van der Waals surface area contributed by atoms with Gasteiger partial charge >= 0.3 is 0 Å². The van der Waals surface area contributed by atoms with Crippen molar-refractivity contribution in [1.82, 2.24) is 4.72 Å². The fraction of sp³-hybridized carbons (Fsp3) is 0.455. The van der Waals surface area contributed by atoms with Gasteiger partial charge in [-0.25, -0.2) is 13.1 Å².